The smallest absolute Gasteiger partial charge is 0.323 e. The lowest BCUT2D eigenvalue weighted by Gasteiger charge is -2.26. The summed E-state index contributed by atoms with van der Waals surface area (Å²) < 4.78 is 0. The Balaban J connectivity index is 2.99. The number of carboxylic acids is 1. The van der Waals surface area contributed by atoms with E-state index in [4.69, 9.17) is 11.6 Å². The topological polar surface area (TPSA) is 92.5 Å². The molecule has 6 nitrogen and oxygen atoms in total. The number of aliphatic carboxylic acids is 1. The number of nitrogens with zero attached hydrogens (tertiary/aromatic N) is 1. The number of hydrogen-bond acceptors (Lipinski definition) is 4. The zero-order chi connectivity index (χ0) is 15.3. The highest BCUT2D eigenvalue weighted by Crippen LogP contribution is 2.27. The van der Waals surface area contributed by atoms with Crippen molar-refractivity contribution >= 4 is 23.3 Å². The highest BCUT2D eigenvalue weighted by molar-refractivity contribution is 6.31. The Morgan fingerprint density at radius 1 is 1.55 bits per heavy atom. The predicted molar refractivity (Wildman–Crippen MR) is 75.9 cm³/mol. The van der Waals surface area contributed by atoms with Gasteiger partial charge in [0.05, 0.1) is 15.5 Å². The highest BCUT2D eigenvalue weighted by atomic mass is 35.5. The van der Waals surface area contributed by atoms with Gasteiger partial charge in [-0.3, -0.25) is 20.2 Å². The minimum atomic E-state index is -1.14. The molecule has 1 unspecified atom stereocenters. The Morgan fingerprint density at radius 3 is 2.70 bits per heavy atom. The van der Waals surface area contributed by atoms with E-state index in [1.54, 1.807) is 13.0 Å². The molecular formula is C13H17ClN2O4. The van der Waals surface area contributed by atoms with Gasteiger partial charge < -0.3 is 5.11 Å². The third-order valence-corrected chi connectivity index (χ3v) is 3.52. The number of benzene rings is 1. The molecule has 0 amide bonds. The van der Waals surface area contributed by atoms with Crippen LogP contribution in [0.25, 0.3) is 0 Å². The standard InChI is InChI=1S/C13H17ClN2O4/c1-3-7-13(2,12(17)18)15-8-9-10(14)5-4-6-11(9)16(19)20/h4-6,15H,3,7-8H2,1-2H3,(H,17,18). The maximum atomic E-state index is 11.3. The fourth-order valence-corrected chi connectivity index (χ4v) is 2.18. The minimum Gasteiger partial charge on any atom is -0.480 e. The Morgan fingerprint density at radius 2 is 2.20 bits per heavy atom. The number of nitro benzene ring substituents is 1. The molecule has 0 radical (unpaired) electrons. The van der Waals surface area contributed by atoms with E-state index in [0.717, 1.165) is 0 Å². The lowest BCUT2D eigenvalue weighted by molar-refractivity contribution is -0.385. The van der Waals surface area contributed by atoms with Crippen LogP contribution in [0.5, 0.6) is 0 Å². The quantitative estimate of drug-likeness (QED) is 0.596. The van der Waals surface area contributed by atoms with E-state index in [0.29, 0.717) is 18.4 Å². The Labute approximate surface area is 121 Å². The molecule has 0 aromatic heterocycles. The Kier molecular flexibility index (Phi) is 5.47. The van der Waals surface area contributed by atoms with Gasteiger partial charge in [0.1, 0.15) is 5.54 Å². The number of nitrogens with one attached hydrogen (secondary N) is 1. The van der Waals surface area contributed by atoms with Crippen LogP contribution in [0.15, 0.2) is 18.2 Å². The number of carboxylic acid groups (broad SMARTS) is 1. The van der Waals surface area contributed by atoms with Crippen molar-refractivity contribution < 1.29 is 14.8 Å². The predicted octanol–water partition coefficient (Wildman–Crippen LogP) is 2.98. The molecule has 0 bridgehead atoms. The van der Waals surface area contributed by atoms with Crippen LogP contribution in [0.4, 0.5) is 5.69 Å². The zero-order valence-electron chi connectivity index (χ0n) is 11.4. The first kappa shape index (κ1) is 16.4. The first-order chi connectivity index (χ1) is 9.31. The van der Waals surface area contributed by atoms with Gasteiger partial charge in [-0.15, -0.1) is 0 Å². The van der Waals surface area contributed by atoms with E-state index in [1.165, 1.54) is 12.1 Å². The molecule has 1 rings (SSSR count). The van der Waals surface area contributed by atoms with E-state index in [9.17, 15) is 20.0 Å². The maximum absolute atomic E-state index is 11.3. The maximum Gasteiger partial charge on any atom is 0.323 e. The molecule has 110 valence electrons. The van der Waals surface area contributed by atoms with Crippen molar-refractivity contribution in [1.82, 2.24) is 5.32 Å². The number of carbonyl (C=O) groups is 1. The van der Waals surface area contributed by atoms with Crippen molar-refractivity contribution in [3.05, 3.63) is 38.9 Å². The molecule has 2 N–H and O–H groups in total. The fraction of sp³-hybridized carbons (Fsp3) is 0.462. The number of hydrogen-bond donors (Lipinski definition) is 2. The second kappa shape index (κ2) is 6.67. The van der Waals surface area contributed by atoms with Crippen molar-refractivity contribution in [3.8, 4) is 0 Å². The van der Waals surface area contributed by atoms with Gasteiger partial charge in [-0.05, 0) is 19.4 Å². The molecule has 0 aliphatic rings. The summed E-state index contributed by atoms with van der Waals surface area (Å²) in [5, 5.41) is 23.3. The molecule has 0 fully saturated rings. The first-order valence-corrected chi connectivity index (χ1v) is 6.60. The second-order valence-corrected chi connectivity index (χ2v) is 5.14. The number of rotatable bonds is 7. The summed E-state index contributed by atoms with van der Waals surface area (Å²) in [6.07, 6.45) is 1.10. The Bertz CT molecular complexity index is 521. The van der Waals surface area contributed by atoms with Crippen LogP contribution in [0, 0.1) is 10.1 Å². The molecule has 0 saturated carbocycles. The third kappa shape index (κ3) is 3.68. The van der Waals surface area contributed by atoms with Crippen LogP contribution < -0.4 is 5.32 Å². The minimum absolute atomic E-state index is 0.0266. The molecule has 20 heavy (non-hydrogen) atoms. The molecule has 0 heterocycles. The fourth-order valence-electron chi connectivity index (χ4n) is 1.95. The number of halogens is 1. The van der Waals surface area contributed by atoms with E-state index in [-0.39, 0.29) is 17.3 Å². The molecule has 1 aromatic carbocycles. The van der Waals surface area contributed by atoms with E-state index >= 15 is 0 Å². The average Bonchev–Trinajstić information content (AvgIpc) is 2.37. The monoisotopic (exact) mass is 300 g/mol. The number of nitro groups is 1. The van der Waals surface area contributed by atoms with E-state index < -0.39 is 16.4 Å². The summed E-state index contributed by atoms with van der Waals surface area (Å²) in [6.45, 7) is 3.46. The third-order valence-electron chi connectivity index (χ3n) is 3.17. The van der Waals surface area contributed by atoms with Crippen molar-refractivity contribution in [2.45, 2.75) is 38.8 Å². The van der Waals surface area contributed by atoms with Gasteiger partial charge in [0, 0.05) is 12.6 Å². The van der Waals surface area contributed by atoms with Crippen molar-refractivity contribution in [3.63, 3.8) is 0 Å². The van der Waals surface area contributed by atoms with Gasteiger partial charge in [0.25, 0.3) is 5.69 Å². The molecule has 0 aliphatic heterocycles. The molecule has 0 spiro atoms. The van der Waals surface area contributed by atoms with E-state index in [2.05, 4.69) is 5.32 Å². The molecular weight excluding hydrogens is 284 g/mol. The van der Waals surface area contributed by atoms with Gasteiger partial charge >= 0.3 is 5.97 Å². The van der Waals surface area contributed by atoms with Crippen LogP contribution in [0.3, 0.4) is 0 Å². The van der Waals surface area contributed by atoms with Gasteiger partial charge in [-0.25, -0.2) is 0 Å². The van der Waals surface area contributed by atoms with Crippen LogP contribution in [-0.4, -0.2) is 21.5 Å². The molecule has 0 saturated heterocycles. The molecule has 1 aromatic rings. The molecule has 1 atom stereocenters. The zero-order valence-corrected chi connectivity index (χ0v) is 12.1. The summed E-state index contributed by atoms with van der Waals surface area (Å²) in [5.74, 6) is -0.992. The summed E-state index contributed by atoms with van der Waals surface area (Å²) in [6, 6.07) is 4.39. The summed E-state index contributed by atoms with van der Waals surface area (Å²) in [4.78, 5) is 21.7. The van der Waals surface area contributed by atoms with Crippen LogP contribution in [0.2, 0.25) is 5.02 Å². The lowest BCUT2D eigenvalue weighted by atomic mass is 9.96. The average molecular weight is 301 g/mol. The summed E-state index contributed by atoms with van der Waals surface area (Å²) >= 11 is 5.97. The van der Waals surface area contributed by atoms with Crippen LogP contribution in [0.1, 0.15) is 32.3 Å². The van der Waals surface area contributed by atoms with Gasteiger partial charge in [0.2, 0.25) is 0 Å². The van der Waals surface area contributed by atoms with Gasteiger partial charge in [-0.2, -0.15) is 0 Å². The largest absolute Gasteiger partial charge is 0.480 e. The van der Waals surface area contributed by atoms with Crippen LogP contribution >= 0.6 is 11.6 Å². The Hall–Kier alpha value is -1.66. The summed E-state index contributed by atoms with van der Waals surface area (Å²) in [7, 11) is 0. The SMILES string of the molecule is CCCC(C)(NCc1c(Cl)cccc1[N+](=O)[O-])C(=O)O. The summed E-state index contributed by atoms with van der Waals surface area (Å²) in [5.41, 5.74) is -0.959. The van der Waals surface area contributed by atoms with Crippen LogP contribution in [-0.2, 0) is 11.3 Å². The highest BCUT2D eigenvalue weighted by Gasteiger charge is 2.32. The van der Waals surface area contributed by atoms with E-state index in [1.807, 2.05) is 6.92 Å². The molecule has 0 aliphatic carbocycles. The second-order valence-electron chi connectivity index (χ2n) is 4.74. The normalized spacial score (nSPS) is 13.8. The first-order valence-electron chi connectivity index (χ1n) is 6.22. The van der Waals surface area contributed by atoms with Crippen molar-refractivity contribution in [1.29, 1.82) is 0 Å². The lowest BCUT2D eigenvalue weighted by Crippen LogP contribution is -2.49. The van der Waals surface area contributed by atoms with Crippen molar-refractivity contribution in [2.75, 3.05) is 0 Å². The molecule has 7 heteroatoms. The van der Waals surface area contributed by atoms with Crippen molar-refractivity contribution in [2.24, 2.45) is 0 Å². The van der Waals surface area contributed by atoms with Gasteiger partial charge in [-0.1, -0.05) is 31.0 Å². The van der Waals surface area contributed by atoms with Gasteiger partial charge in [0.15, 0.2) is 0 Å².